The van der Waals surface area contributed by atoms with Crippen LogP contribution in [0.4, 0.5) is 5.69 Å². The van der Waals surface area contributed by atoms with Gasteiger partial charge in [0, 0.05) is 22.2 Å². The van der Waals surface area contributed by atoms with Gasteiger partial charge in [0.2, 0.25) is 0 Å². The highest BCUT2D eigenvalue weighted by atomic mass is 35.5. The number of carbonyl (C=O) groups excluding carboxylic acids is 2. The van der Waals surface area contributed by atoms with Crippen LogP contribution < -0.4 is 20.5 Å². The fourth-order valence-electron chi connectivity index (χ4n) is 2.56. The highest BCUT2D eigenvalue weighted by Gasteiger charge is 2.17. The highest BCUT2D eigenvalue weighted by molar-refractivity contribution is 7.09. The smallest absolute Gasteiger partial charge is 0.255 e. The summed E-state index contributed by atoms with van der Waals surface area (Å²) >= 11 is 7.77. The van der Waals surface area contributed by atoms with E-state index in [9.17, 15) is 9.59 Å². The first-order valence-corrected chi connectivity index (χ1v) is 9.75. The Bertz CT molecular complexity index is 1050. The maximum absolute atomic E-state index is 12.6. The molecule has 0 aliphatic rings. The Hall–Kier alpha value is -3.10. The molecule has 0 spiro atoms. The van der Waals surface area contributed by atoms with Gasteiger partial charge in [-0.2, -0.15) is 0 Å². The number of nitrogens with zero attached hydrogens (tertiary/aromatic N) is 1. The molecule has 0 aliphatic heterocycles. The third-order valence-electron chi connectivity index (χ3n) is 3.91. The number of hydrogen-bond acceptors (Lipinski definition) is 6. The molecule has 0 atom stereocenters. The minimum Gasteiger partial charge on any atom is -0.493 e. The lowest BCUT2D eigenvalue weighted by molar-refractivity contribution is -0.119. The molecule has 0 fully saturated rings. The van der Waals surface area contributed by atoms with Crippen LogP contribution >= 0.6 is 22.9 Å². The van der Waals surface area contributed by atoms with Crippen LogP contribution in [0.1, 0.15) is 15.4 Å². The first kappa shape index (κ1) is 20.6. The van der Waals surface area contributed by atoms with Crippen molar-refractivity contribution >= 4 is 40.4 Å². The lowest BCUT2D eigenvalue weighted by Gasteiger charge is -2.13. The molecule has 1 aromatic heterocycles. The zero-order valence-corrected chi connectivity index (χ0v) is 17.3. The number of rotatable bonds is 7. The Labute approximate surface area is 176 Å². The zero-order valence-electron chi connectivity index (χ0n) is 15.7. The number of nitrogens with two attached hydrogens (primary N) is 1. The van der Waals surface area contributed by atoms with Gasteiger partial charge in [-0.3, -0.25) is 9.59 Å². The fraction of sp³-hybridized carbons (Fsp3) is 0.150. The Morgan fingerprint density at radius 2 is 1.97 bits per heavy atom. The van der Waals surface area contributed by atoms with Gasteiger partial charge >= 0.3 is 0 Å². The molecule has 9 heteroatoms. The van der Waals surface area contributed by atoms with Crippen LogP contribution in [-0.2, 0) is 4.79 Å². The summed E-state index contributed by atoms with van der Waals surface area (Å²) < 4.78 is 10.5. The van der Waals surface area contributed by atoms with Crippen molar-refractivity contribution in [1.29, 1.82) is 0 Å². The molecule has 2 aromatic carbocycles. The van der Waals surface area contributed by atoms with Crippen LogP contribution in [0.3, 0.4) is 0 Å². The molecule has 29 heavy (non-hydrogen) atoms. The van der Waals surface area contributed by atoms with Gasteiger partial charge in [-0.15, -0.1) is 11.3 Å². The quantitative estimate of drug-likeness (QED) is 0.590. The fourth-order valence-corrected chi connectivity index (χ4v) is 3.45. The van der Waals surface area contributed by atoms with E-state index in [1.165, 1.54) is 19.2 Å². The molecule has 0 bridgehead atoms. The van der Waals surface area contributed by atoms with Gasteiger partial charge in [0.25, 0.3) is 11.8 Å². The molecule has 3 N–H and O–H groups in total. The number of anilines is 1. The van der Waals surface area contributed by atoms with Crippen molar-refractivity contribution in [3.8, 4) is 22.8 Å². The predicted molar refractivity (Wildman–Crippen MR) is 113 cm³/mol. The summed E-state index contributed by atoms with van der Waals surface area (Å²) in [4.78, 5) is 28.0. The topological polar surface area (TPSA) is 104 Å². The number of benzene rings is 2. The van der Waals surface area contributed by atoms with E-state index in [0.717, 1.165) is 16.3 Å². The summed E-state index contributed by atoms with van der Waals surface area (Å²) in [6.45, 7) is 1.60. The molecular formula is C20H18ClN3O4S. The van der Waals surface area contributed by atoms with E-state index in [1.54, 1.807) is 23.5 Å². The van der Waals surface area contributed by atoms with Crippen molar-refractivity contribution in [2.45, 2.75) is 6.92 Å². The van der Waals surface area contributed by atoms with Crippen LogP contribution in [0.2, 0.25) is 5.02 Å². The Kier molecular flexibility index (Phi) is 6.36. The van der Waals surface area contributed by atoms with E-state index >= 15 is 0 Å². The molecule has 0 unspecified atom stereocenters. The van der Waals surface area contributed by atoms with E-state index in [4.69, 9.17) is 26.8 Å². The van der Waals surface area contributed by atoms with Gasteiger partial charge < -0.3 is 20.5 Å². The van der Waals surface area contributed by atoms with Crippen molar-refractivity contribution in [1.82, 2.24) is 4.98 Å². The van der Waals surface area contributed by atoms with Gasteiger partial charge in [0.05, 0.1) is 22.8 Å². The van der Waals surface area contributed by atoms with Crippen molar-refractivity contribution in [2.24, 2.45) is 5.73 Å². The molecule has 0 radical (unpaired) electrons. The second-order valence-corrected chi connectivity index (χ2v) is 7.50. The summed E-state index contributed by atoms with van der Waals surface area (Å²) in [5.74, 6) is -0.657. The molecule has 7 nitrogen and oxygen atoms in total. The second kappa shape index (κ2) is 8.93. The number of hydrogen-bond donors (Lipinski definition) is 2. The van der Waals surface area contributed by atoms with E-state index in [0.29, 0.717) is 5.69 Å². The second-order valence-electron chi connectivity index (χ2n) is 6.03. The number of carbonyl (C=O) groups is 2. The van der Waals surface area contributed by atoms with Crippen LogP contribution in [0.25, 0.3) is 11.3 Å². The monoisotopic (exact) mass is 431 g/mol. The largest absolute Gasteiger partial charge is 0.493 e. The molecule has 3 aromatic rings. The summed E-state index contributed by atoms with van der Waals surface area (Å²) in [5.41, 5.74) is 7.84. The van der Waals surface area contributed by atoms with Crippen molar-refractivity contribution in [3.63, 3.8) is 0 Å². The van der Waals surface area contributed by atoms with Gasteiger partial charge in [-0.1, -0.05) is 23.7 Å². The normalized spacial score (nSPS) is 10.4. The molecule has 0 aliphatic carbocycles. The lowest BCUT2D eigenvalue weighted by atomic mass is 10.1. The summed E-state index contributed by atoms with van der Waals surface area (Å²) in [7, 11) is 1.41. The number of nitrogens with one attached hydrogen (secondary N) is 1. The minimum absolute atomic E-state index is 0.130. The molecule has 0 saturated carbocycles. The highest BCUT2D eigenvalue weighted by Crippen LogP contribution is 2.36. The first-order valence-electron chi connectivity index (χ1n) is 8.50. The molecule has 150 valence electrons. The number of ether oxygens (including phenoxy) is 2. The maximum Gasteiger partial charge on any atom is 0.255 e. The van der Waals surface area contributed by atoms with Gasteiger partial charge in [-0.05, 0) is 31.2 Å². The number of methoxy groups -OCH3 is 1. The van der Waals surface area contributed by atoms with Crippen molar-refractivity contribution in [3.05, 3.63) is 57.4 Å². The number of aryl methyl sites for hydroxylation is 1. The summed E-state index contributed by atoms with van der Waals surface area (Å²) in [5, 5.41) is 5.91. The van der Waals surface area contributed by atoms with E-state index < -0.39 is 5.91 Å². The number of amides is 2. The Balaban J connectivity index is 1.76. The van der Waals surface area contributed by atoms with E-state index in [-0.39, 0.29) is 34.6 Å². The van der Waals surface area contributed by atoms with E-state index in [1.807, 2.05) is 24.4 Å². The van der Waals surface area contributed by atoms with Gasteiger partial charge in [0.15, 0.2) is 18.1 Å². The molecule has 0 saturated heterocycles. The Morgan fingerprint density at radius 1 is 1.24 bits per heavy atom. The number of primary amides is 1. The predicted octanol–water partition coefficient (Wildman–Crippen LogP) is 3.90. The van der Waals surface area contributed by atoms with Crippen LogP contribution in [-0.4, -0.2) is 30.5 Å². The Morgan fingerprint density at radius 3 is 2.55 bits per heavy atom. The number of thiazole rings is 1. The molecule has 2 amide bonds. The van der Waals surface area contributed by atoms with Crippen molar-refractivity contribution < 1.29 is 19.1 Å². The standard InChI is InChI=1S/C20H18ClN3O4S/c1-11-23-16(10-29-11)12-3-5-14(6-4-12)24-20(26)13-7-15(21)19(17(8-13)27-2)28-9-18(22)25/h3-8,10H,9H2,1-2H3,(H2,22,25)(H,24,26). The van der Waals surface area contributed by atoms with Gasteiger partial charge in [0.1, 0.15) is 0 Å². The molecular weight excluding hydrogens is 414 g/mol. The average molecular weight is 432 g/mol. The minimum atomic E-state index is -0.652. The zero-order chi connectivity index (χ0) is 21.0. The van der Waals surface area contributed by atoms with Crippen LogP contribution in [0, 0.1) is 6.92 Å². The number of halogens is 1. The lowest BCUT2D eigenvalue weighted by Crippen LogP contribution is -2.20. The summed E-state index contributed by atoms with van der Waals surface area (Å²) in [6, 6.07) is 10.3. The third kappa shape index (κ3) is 5.04. The summed E-state index contributed by atoms with van der Waals surface area (Å²) in [6.07, 6.45) is 0. The molecule has 1 heterocycles. The van der Waals surface area contributed by atoms with Gasteiger partial charge in [-0.25, -0.2) is 4.98 Å². The van der Waals surface area contributed by atoms with Crippen LogP contribution in [0.15, 0.2) is 41.8 Å². The molecule has 3 rings (SSSR count). The third-order valence-corrected chi connectivity index (χ3v) is 4.96. The van der Waals surface area contributed by atoms with Crippen molar-refractivity contribution in [2.75, 3.05) is 19.0 Å². The maximum atomic E-state index is 12.6. The SMILES string of the molecule is COc1cc(C(=O)Nc2ccc(-c3csc(C)n3)cc2)cc(Cl)c1OCC(N)=O. The number of aromatic nitrogens is 1. The van der Waals surface area contributed by atoms with Crippen LogP contribution in [0.5, 0.6) is 11.5 Å². The average Bonchev–Trinajstić information content (AvgIpc) is 3.13. The first-order chi connectivity index (χ1) is 13.9. The van der Waals surface area contributed by atoms with E-state index in [2.05, 4.69) is 10.3 Å².